The predicted molar refractivity (Wildman–Crippen MR) is 67.1 cm³/mol. The molecule has 94 valence electrons. The molecule has 6 heteroatoms. The smallest absolute Gasteiger partial charge is 0.267 e. The van der Waals surface area contributed by atoms with E-state index in [1.165, 1.54) is 11.5 Å². The molecule has 0 atom stereocenters. The van der Waals surface area contributed by atoms with Gasteiger partial charge in [0.1, 0.15) is 4.88 Å². The number of carbonyl (C=O) groups is 1. The number of aromatic nitrogens is 2. The SMILES string of the molecule is CC(C)c1nnsc1C(=O)N1CCC(N)CC1. The Morgan fingerprint density at radius 3 is 2.71 bits per heavy atom. The Balaban J connectivity index is 2.11. The van der Waals surface area contributed by atoms with Crippen molar-refractivity contribution in [1.29, 1.82) is 0 Å². The average Bonchev–Trinajstić information content (AvgIpc) is 2.78. The second-order valence-electron chi connectivity index (χ2n) is 4.77. The van der Waals surface area contributed by atoms with Crippen LogP contribution in [0, 0.1) is 0 Å². The van der Waals surface area contributed by atoms with Crippen molar-refractivity contribution in [2.45, 2.75) is 38.6 Å². The molecule has 0 unspecified atom stereocenters. The van der Waals surface area contributed by atoms with E-state index in [1.54, 1.807) is 0 Å². The summed E-state index contributed by atoms with van der Waals surface area (Å²) in [5.74, 6) is 0.301. The second-order valence-corrected chi connectivity index (χ2v) is 5.53. The summed E-state index contributed by atoms with van der Waals surface area (Å²) >= 11 is 1.20. The summed E-state index contributed by atoms with van der Waals surface area (Å²) in [4.78, 5) is 14.9. The van der Waals surface area contributed by atoms with Gasteiger partial charge in [0.05, 0.1) is 5.69 Å². The van der Waals surface area contributed by atoms with Gasteiger partial charge < -0.3 is 10.6 Å². The molecule has 0 aliphatic carbocycles. The minimum absolute atomic E-state index is 0.0654. The van der Waals surface area contributed by atoms with Crippen LogP contribution in [-0.4, -0.2) is 39.5 Å². The first-order valence-electron chi connectivity index (χ1n) is 5.96. The largest absolute Gasteiger partial charge is 0.338 e. The fraction of sp³-hybridized carbons (Fsp3) is 0.727. The molecule has 2 heterocycles. The van der Waals surface area contributed by atoms with Crippen molar-refractivity contribution in [2.75, 3.05) is 13.1 Å². The summed E-state index contributed by atoms with van der Waals surface area (Å²) in [6.45, 7) is 5.55. The molecule has 1 amide bonds. The molecule has 1 saturated heterocycles. The van der Waals surface area contributed by atoms with Crippen molar-refractivity contribution in [2.24, 2.45) is 5.73 Å². The van der Waals surface area contributed by atoms with Crippen molar-refractivity contribution < 1.29 is 4.79 Å². The lowest BCUT2D eigenvalue weighted by Gasteiger charge is -2.29. The van der Waals surface area contributed by atoms with Crippen molar-refractivity contribution in [3.63, 3.8) is 0 Å². The van der Waals surface area contributed by atoms with Gasteiger partial charge in [-0.3, -0.25) is 4.79 Å². The Bertz CT molecular complexity index is 396. The van der Waals surface area contributed by atoms with Gasteiger partial charge >= 0.3 is 0 Å². The highest BCUT2D eigenvalue weighted by molar-refractivity contribution is 7.08. The molecule has 0 saturated carbocycles. The second kappa shape index (κ2) is 5.10. The normalized spacial score (nSPS) is 17.8. The lowest BCUT2D eigenvalue weighted by molar-refractivity contribution is 0.0718. The van der Waals surface area contributed by atoms with Crippen molar-refractivity contribution >= 4 is 17.4 Å². The molecule has 2 N–H and O–H groups in total. The molecule has 0 aromatic carbocycles. The first-order chi connectivity index (χ1) is 8.09. The summed E-state index contributed by atoms with van der Waals surface area (Å²) < 4.78 is 3.89. The molecule has 1 aliphatic rings. The molecule has 0 spiro atoms. The molecule has 1 aromatic rings. The molecular weight excluding hydrogens is 236 g/mol. The van der Waals surface area contributed by atoms with Crippen LogP contribution in [0.5, 0.6) is 0 Å². The highest BCUT2D eigenvalue weighted by Crippen LogP contribution is 2.22. The zero-order valence-electron chi connectivity index (χ0n) is 10.2. The standard InChI is InChI=1S/C11H18N4OS/c1-7(2)9-10(17-14-13-9)11(16)15-5-3-8(12)4-6-15/h7-8H,3-6,12H2,1-2H3. The van der Waals surface area contributed by atoms with E-state index in [9.17, 15) is 4.79 Å². The first kappa shape index (κ1) is 12.4. The van der Waals surface area contributed by atoms with Crippen LogP contribution in [0.3, 0.4) is 0 Å². The number of nitrogens with zero attached hydrogens (tertiary/aromatic N) is 3. The Kier molecular flexibility index (Phi) is 3.73. The third kappa shape index (κ3) is 2.63. The van der Waals surface area contributed by atoms with E-state index in [1.807, 2.05) is 18.7 Å². The number of hydrogen-bond donors (Lipinski definition) is 1. The van der Waals surface area contributed by atoms with Gasteiger partial charge in [-0.15, -0.1) is 5.10 Å². The summed E-state index contributed by atoms with van der Waals surface area (Å²) in [6, 6.07) is 0.239. The van der Waals surface area contributed by atoms with Crippen LogP contribution >= 0.6 is 11.5 Å². The Hall–Kier alpha value is -1.01. The van der Waals surface area contributed by atoms with Crippen LogP contribution in [0.2, 0.25) is 0 Å². The minimum atomic E-state index is 0.0654. The summed E-state index contributed by atoms with van der Waals surface area (Å²) in [5.41, 5.74) is 6.65. The van der Waals surface area contributed by atoms with E-state index in [2.05, 4.69) is 9.59 Å². The van der Waals surface area contributed by atoms with E-state index in [0.717, 1.165) is 31.6 Å². The molecular formula is C11H18N4OS. The molecule has 17 heavy (non-hydrogen) atoms. The van der Waals surface area contributed by atoms with Crippen LogP contribution in [0.25, 0.3) is 0 Å². The molecule has 0 radical (unpaired) electrons. The first-order valence-corrected chi connectivity index (χ1v) is 6.74. The van der Waals surface area contributed by atoms with E-state index < -0.39 is 0 Å². The number of rotatable bonds is 2. The van der Waals surface area contributed by atoms with Crippen LogP contribution in [0.1, 0.15) is 48.0 Å². The summed E-state index contributed by atoms with van der Waals surface area (Å²) in [7, 11) is 0. The van der Waals surface area contributed by atoms with Gasteiger partial charge in [-0.1, -0.05) is 18.3 Å². The molecule has 1 aromatic heterocycles. The van der Waals surface area contributed by atoms with Crippen molar-refractivity contribution in [3.05, 3.63) is 10.6 Å². The van der Waals surface area contributed by atoms with E-state index in [0.29, 0.717) is 4.88 Å². The molecule has 2 rings (SSSR count). The fourth-order valence-electron chi connectivity index (χ4n) is 1.97. The Morgan fingerprint density at radius 1 is 1.47 bits per heavy atom. The summed E-state index contributed by atoms with van der Waals surface area (Å²) in [6.07, 6.45) is 1.77. The van der Waals surface area contributed by atoms with Crippen LogP contribution in [0.15, 0.2) is 0 Å². The number of piperidine rings is 1. The maximum atomic E-state index is 12.3. The van der Waals surface area contributed by atoms with Gasteiger partial charge in [-0.05, 0) is 30.3 Å². The summed E-state index contributed by atoms with van der Waals surface area (Å²) in [5, 5.41) is 4.04. The highest BCUT2D eigenvalue weighted by atomic mass is 32.1. The van der Waals surface area contributed by atoms with E-state index in [-0.39, 0.29) is 17.9 Å². The molecule has 5 nitrogen and oxygen atoms in total. The molecule has 0 bridgehead atoms. The van der Waals surface area contributed by atoms with Gasteiger partial charge in [-0.25, -0.2) is 0 Å². The highest BCUT2D eigenvalue weighted by Gasteiger charge is 2.26. The topological polar surface area (TPSA) is 72.1 Å². The molecule has 1 fully saturated rings. The average molecular weight is 254 g/mol. The molecule has 1 aliphatic heterocycles. The van der Waals surface area contributed by atoms with Crippen molar-refractivity contribution in [1.82, 2.24) is 14.5 Å². The zero-order chi connectivity index (χ0) is 12.4. The van der Waals surface area contributed by atoms with Gasteiger partial charge in [0.15, 0.2) is 0 Å². The fourth-order valence-corrected chi connectivity index (χ4v) is 2.76. The van der Waals surface area contributed by atoms with Crippen LogP contribution < -0.4 is 5.73 Å². The third-order valence-corrected chi connectivity index (χ3v) is 3.81. The predicted octanol–water partition coefficient (Wildman–Crippen LogP) is 1.22. The van der Waals surface area contributed by atoms with Crippen LogP contribution in [0.4, 0.5) is 0 Å². The van der Waals surface area contributed by atoms with Gasteiger partial charge in [0.2, 0.25) is 0 Å². The quantitative estimate of drug-likeness (QED) is 0.861. The maximum absolute atomic E-state index is 12.3. The number of likely N-dealkylation sites (tertiary alicyclic amines) is 1. The number of nitrogens with two attached hydrogens (primary N) is 1. The number of hydrogen-bond acceptors (Lipinski definition) is 5. The van der Waals surface area contributed by atoms with E-state index in [4.69, 9.17) is 5.73 Å². The van der Waals surface area contributed by atoms with Gasteiger partial charge in [0, 0.05) is 19.1 Å². The van der Waals surface area contributed by atoms with Gasteiger partial charge in [0.25, 0.3) is 5.91 Å². The van der Waals surface area contributed by atoms with Crippen LogP contribution in [-0.2, 0) is 0 Å². The lowest BCUT2D eigenvalue weighted by atomic mass is 10.0. The monoisotopic (exact) mass is 254 g/mol. The Morgan fingerprint density at radius 2 is 2.12 bits per heavy atom. The van der Waals surface area contributed by atoms with Crippen molar-refractivity contribution in [3.8, 4) is 0 Å². The lowest BCUT2D eigenvalue weighted by Crippen LogP contribution is -2.42. The van der Waals surface area contributed by atoms with Gasteiger partial charge in [-0.2, -0.15) is 0 Å². The number of carbonyl (C=O) groups excluding carboxylic acids is 1. The van der Waals surface area contributed by atoms with E-state index >= 15 is 0 Å². The number of amides is 1. The zero-order valence-corrected chi connectivity index (χ0v) is 11.0. The Labute approximate surface area is 105 Å². The maximum Gasteiger partial charge on any atom is 0.267 e. The minimum Gasteiger partial charge on any atom is -0.338 e. The third-order valence-electron chi connectivity index (χ3n) is 3.08.